The Kier molecular flexibility index (Phi) is 15.5. The number of aryl methyl sites for hydroxylation is 1. The molecule has 0 spiro atoms. The number of ether oxygens (including phenoxy) is 1. The van der Waals surface area contributed by atoms with Gasteiger partial charge in [0.05, 0.1) is 11.9 Å². The summed E-state index contributed by atoms with van der Waals surface area (Å²) in [5.74, 6) is 2.27. The second-order valence-corrected chi connectivity index (χ2v) is 12.0. The van der Waals surface area contributed by atoms with Crippen molar-refractivity contribution in [1.29, 1.82) is 0 Å². The minimum atomic E-state index is 0.0503. The summed E-state index contributed by atoms with van der Waals surface area (Å²) < 4.78 is 5.90. The van der Waals surface area contributed by atoms with Gasteiger partial charge in [-0.3, -0.25) is 19.6 Å². The molecule has 1 fully saturated rings. The number of hydroxylamine groups is 1. The van der Waals surface area contributed by atoms with E-state index in [0.717, 1.165) is 83.6 Å². The lowest BCUT2D eigenvalue weighted by Crippen LogP contribution is -2.31. The van der Waals surface area contributed by atoms with Crippen LogP contribution in [0.5, 0.6) is 5.75 Å². The maximum atomic E-state index is 12.5. The second-order valence-electron chi connectivity index (χ2n) is 12.0. The maximum absolute atomic E-state index is 12.5. The van der Waals surface area contributed by atoms with Crippen molar-refractivity contribution in [2.45, 2.75) is 84.8 Å². The van der Waals surface area contributed by atoms with Crippen molar-refractivity contribution in [3.63, 3.8) is 0 Å². The molecular formula is C39H51N5O4. The molecule has 0 bridgehead atoms. The lowest BCUT2D eigenvalue weighted by molar-refractivity contribution is -0.132. The van der Waals surface area contributed by atoms with Gasteiger partial charge in [-0.25, -0.2) is 5.48 Å². The molecule has 0 aliphatic heterocycles. The van der Waals surface area contributed by atoms with Crippen LogP contribution in [-0.4, -0.2) is 50.2 Å². The summed E-state index contributed by atoms with van der Waals surface area (Å²) >= 11 is 0. The fourth-order valence-corrected chi connectivity index (χ4v) is 5.52. The number of hydrogen-bond acceptors (Lipinski definition) is 7. The molecule has 4 N–H and O–H groups in total. The molecule has 3 aromatic carbocycles. The largest absolute Gasteiger partial charge is 0.490 e. The molecule has 1 aliphatic rings. The first-order valence-corrected chi connectivity index (χ1v) is 16.6. The minimum Gasteiger partial charge on any atom is -0.490 e. The van der Waals surface area contributed by atoms with Gasteiger partial charge in [-0.05, 0) is 81.7 Å². The summed E-state index contributed by atoms with van der Waals surface area (Å²) in [7, 11) is 3.35. The SMILES string of the molecule is CCC/C(NC(C)=NC)=C(\Cc1ccc(-c2ccccc2C(=NC)NOC=O)cc1)C(C)=O.Cc1ccc(OC2CCC(N)CC2)cc1. The van der Waals surface area contributed by atoms with Crippen LogP contribution in [-0.2, 0) is 20.8 Å². The standard InChI is InChI=1S/C26H32N4O3.C13H19NO/c1-6-9-25(29-19(3)27-4)24(18(2)32)16-20-12-14-21(15-13-20)22-10-7-8-11-23(22)26(28-5)30-33-17-31;1-10-2-6-12(7-3-10)15-13-8-4-11(14)5-9-13/h7-8,10-15,17H,6,9,16H2,1-5H3,(H,27,29)(H,28,30);2-3,6-7,11,13H,4-5,8-9,14H2,1H3/b25-24-;. The number of rotatable bonds is 12. The van der Waals surface area contributed by atoms with E-state index in [1.54, 1.807) is 21.0 Å². The van der Waals surface area contributed by atoms with E-state index in [1.807, 2.05) is 67.6 Å². The van der Waals surface area contributed by atoms with Crippen LogP contribution < -0.4 is 21.3 Å². The van der Waals surface area contributed by atoms with E-state index in [4.69, 9.17) is 10.5 Å². The smallest absolute Gasteiger partial charge is 0.320 e. The molecule has 1 saturated carbocycles. The lowest BCUT2D eigenvalue weighted by Gasteiger charge is -2.26. The molecular weight excluding hydrogens is 602 g/mol. The van der Waals surface area contributed by atoms with Gasteiger partial charge in [0.2, 0.25) is 0 Å². The number of Topliss-reactive ketones (excluding diaryl/α,β-unsaturated/α-hetero) is 1. The minimum absolute atomic E-state index is 0.0503. The Morgan fingerprint density at radius 1 is 0.938 bits per heavy atom. The summed E-state index contributed by atoms with van der Waals surface area (Å²) in [6, 6.07) is 24.5. The molecule has 0 radical (unpaired) electrons. The third-order valence-corrected chi connectivity index (χ3v) is 8.25. The number of nitrogens with one attached hydrogen (secondary N) is 2. The van der Waals surface area contributed by atoms with Crippen molar-refractivity contribution in [2.24, 2.45) is 15.7 Å². The maximum Gasteiger partial charge on any atom is 0.320 e. The molecule has 9 heteroatoms. The van der Waals surface area contributed by atoms with Crippen LogP contribution in [0.2, 0.25) is 0 Å². The molecule has 4 rings (SSSR count). The number of ketones is 1. The summed E-state index contributed by atoms with van der Waals surface area (Å²) in [5, 5.41) is 3.30. The van der Waals surface area contributed by atoms with Crippen molar-refractivity contribution < 1.29 is 19.2 Å². The summed E-state index contributed by atoms with van der Waals surface area (Å²) in [4.78, 5) is 36.1. The van der Waals surface area contributed by atoms with E-state index in [0.29, 0.717) is 30.9 Å². The van der Waals surface area contributed by atoms with Crippen LogP contribution in [0, 0.1) is 6.92 Å². The first kappa shape index (κ1) is 37.7. The number of hydrogen-bond donors (Lipinski definition) is 3. The third-order valence-electron chi connectivity index (χ3n) is 8.25. The average Bonchev–Trinajstić information content (AvgIpc) is 3.10. The fraction of sp³-hybridized carbons (Fsp3) is 0.385. The Bertz CT molecular complexity index is 1550. The van der Waals surface area contributed by atoms with Crippen LogP contribution in [0.3, 0.4) is 0 Å². The topological polar surface area (TPSA) is 127 Å². The number of carbonyl (C=O) groups is 2. The first-order chi connectivity index (χ1) is 23.2. The van der Waals surface area contributed by atoms with E-state index < -0.39 is 0 Å². The van der Waals surface area contributed by atoms with Gasteiger partial charge in [0.1, 0.15) is 5.75 Å². The predicted molar refractivity (Wildman–Crippen MR) is 195 cm³/mol. The van der Waals surface area contributed by atoms with Crippen LogP contribution in [0.25, 0.3) is 11.1 Å². The zero-order chi connectivity index (χ0) is 34.9. The molecule has 0 amide bonds. The van der Waals surface area contributed by atoms with Crippen LogP contribution in [0.1, 0.15) is 76.0 Å². The number of amidine groups is 2. The Labute approximate surface area is 285 Å². The molecule has 0 heterocycles. The molecule has 9 nitrogen and oxygen atoms in total. The van der Waals surface area contributed by atoms with Gasteiger partial charge in [0.25, 0.3) is 0 Å². The Hall–Kier alpha value is -4.76. The number of allylic oxidation sites excluding steroid dienone is 2. The highest BCUT2D eigenvalue weighted by Gasteiger charge is 2.19. The zero-order valence-electron chi connectivity index (χ0n) is 29.2. The average molecular weight is 654 g/mol. The third kappa shape index (κ3) is 11.8. The van der Waals surface area contributed by atoms with E-state index in [9.17, 15) is 9.59 Å². The second kappa shape index (κ2) is 19.8. The highest BCUT2D eigenvalue weighted by molar-refractivity contribution is 6.04. The van der Waals surface area contributed by atoms with E-state index >= 15 is 0 Å². The van der Waals surface area contributed by atoms with Gasteiger partial charge >= 0.3 is 6.47 Å². The normalized spacial score (nSPS) is 16.9. The van der Waals surface area contributed by atoms with Crippen LogP contribution in [0.15, 0.2) is 94.1 Å². The molecule has 3 aromatic rings. The van der Waals surface area contributed by atoms with E-state index in [-0.39, 0.29) is 5.78 Å². The highest BCUT2D eigenvalue weighted by Crippen LogP contribution is 2.26. The molecule has 0 saturated heterocycles. The van der Waals surface area contributed by atoms with Crippen LogP contribution >= 0.6 is 0 Å². The number of carbonyl (C=O) groups excluding carboxylic acids is 2. The van der Waals surface area contributed by atoms with Crippen LogP contribution in [0.4, 0.5) is 0 Å². The van der Waals surface area contributed by atoms with Gasteiger partial charge in [-0.2, -0.15) is 0 Å². The van der Waals surface area contributed by atoms with Crippen molar-refractivity contribution in [3.8, 4) is 16.9 Å². The van der Waals surface area contributed by atoms with Gasteiger partial charge in [-0.15, -0.1) is 0 Å². The summed E-state index contributed by atoms with van der Waals surface area (Å²) in [6.07, 6.45) is 6.98. The summed E-state index contributed by atoms with van der Waals surface area (Å²) in [5.41, 5.74) is 15.1. The zero-order valence-corrected chi connectivity index (χ0v) is 29.2. The highest BCUT2D eigenvalue weighted by atomic mass is 16.7. The quantitative estimate of drug-likeness (QED) is 0.0640. The van der Waals surface area contributed by atoms with Gasteiger partial charge in [0.15, 0.2) is 11.6 Å². The Morgan fingerprint density at radius 3 is 2.19 bits per heavy atom. The van der Waals surface area contributed by atoms with Crippen molar-refractivity contribution in [3.05, 3.63) is 101 Å². The predicted octanol–water partition coefficient (Wildman–Crippen LogP) is 6.87. The molecule has 256 valence electrons. The Balaban J connectivity index is 0.000000344. The monoisotopic (exact) mass is 653 g/mol. The molecule has 0 aromatic heterocycles. The summed E-state index contributed by atoms with van der Waals surface area (Å²) in [6.45, 7) is 7.99. The molecule has 0 atom stereocenters. The van der Waals surface area contributed by atoms with Crippen molar-refractivity contribution in [1.82, 2.24) is 10.8 Å². The number of aliphatic imine (C=N–C) groups is 2. The van der Waals surface area contributed by atoms with Crippen molar-refractivity contribution >= 4 is 23.9 Å². The fourth-order valence-electron chi connectivity index (χ4n) is 5.52. The number of benzene rings is 3. The van der Waals surface area contributed by atoms with Crippen molar-refractivity contribution in [2.75, 3.05) is 14.1 Å². The molecule has 0 unspecified atom stereocenters. The Morgan fingerprint density at radius 2 is 1.60 bits per heavy atom. The molecule has 1 aliphatic carbocycles. The van der Waals surface area contributed by atoms with E-state index in [1.165, 1.54) is 5.56 Å². The lowest BCUT2D eigenvalue weighted by atomic mass is 9.94. The van der Waals surface area contributed by atoms with E-state index in [2.05, 4.69) is 51.6 Å². The first-order valence-electron chi connectivity index (χ1n) is 16.6. The van der Waals surface area contributed by atoms with Gasteiger partial charge in [0, 0.05) is 43.4 Å². The number of nitrogens with zero attached hydrogens (tertiary/aromatic N) is 2. The van der Waals surface area contributed by atoms with Gasteiger partial charge < -0.3 is 20.6 Å². The molecule has 48 heavy (non-hydrogen) atoms. The number of nitrogens with two attached hydrogens (primary N) is 1. The van der Waals surface area contributed by atoms with Gasteiger partial charge in [-0.1, -0.05) is 79.6 Å².